The lowest BCUT2D eigenvalue weighted by atomic mass is 10.5. The van der Waals surface area contributed by atoms with Crippen LogP contribution in [0.5, 0.6) is 0 Å². The Hall–Kier alpha value is -1.20. The van der Waals surface area contributed by atoms with Gasteiger partial charge in [-0.05, 0) is 11.4 Å². The third-order valence-electron chi connectivity index (χ3n) is 1.82. The summed E-state index contributed by atoms with van der Waals surface area (Å²) in [5.41, 5.74) is 1.13. The van der Waals surface area contributed by atoms with Crippen LogP contribution in [0.15, 0.2) is 29.5 Å². The molecule has 0 saturated carbocycles. The second-order valence-electron chi connectivity index (χ2n) is 2.57. The van der Waals surface area contributed by atoms with Gasteiger partial charge < -0.3 is 0 Å². The molecule has 3 aromatic heterocycles. The van der Waals surface area contributed by atoms with Gasteiger partial charge in [-0.2, -0.15) is 5.10 Å². The number of aromatic nitrogens is 3. The summed E-state index contributed by atoms with van der Waals surface area (Å²) in [7, 11) is 0. The molecule has 0 aliphatic heterocycles. The number of hydrogen-bond donors (Lipinski definition) is 0. The van der Waals surface area contributed by atoms with Gasteiger partial charge in [0.1, 0.15) is 12.7 Å². The standard InChI is InChI=1S/C8H5N3S2/c1-2-12-8-6(3-13-7(1)8)11-5-9-4-10-11/h1-5H. The Balaban J connectivity index is 2.33. The van der Waals surface area contributed by atoms with Crippen molar-refractivity contribution in [2.45, 2.75) is 0 Å². The average Bonchev–Trinajstić information content (AvgIpc) is 2.79. The van der Waals surface area contributed by atoms with E-state index in [1.54, 1.807) is 40.0 Å². The molecule has 3 rings (SSSR count). The van der Waals surface area contributed by atoms with E-state index in [4.69, 9.17) is 0 Å². The number of fused-ring (bicyclic) bond motifs is 1. The minimum absolute atomic E-state index is 1.13. The lowest BCUT2D eigenvalue weighted by molar-refractivity contribution is 0.890. The molecule has 64 valence electrons. The summed E-state index contributed by atoms with van der Waals surface area (Å²) in [5, 5.41) is 8.31. The minimum atomic E-state index is 1.13. The van der Waals surface area contributed by atoms with Gasteiger partial charge in [0.15, 0.2) is 0 Å². The first-order valence-corrected chi connectivity index (χ1v) is 5.51. The van der Waals surface area contributed by atoms with Crippen LogP contribution in [-0.2, 0) is 0 Å². The van der Waals surface area contributed by atoms with Crippen LogP contribution in [0.25, 0.3) is 15.1 Å². The molecule has 0 fully saturated rings. The van der Waals surface area contributed by atoms with Crippen LogP contribution in [-0.4, -0.2) is 14.8 Å². The zero-order valence-corrected chi connectivity index (χ0v) is 8.18. The fourth-order valence-corrected chi connectivity index (χ4v) is 3.31. The topological polar surface area (TPSA) is 30.7 Å². The van der Waals surface area contributed by atoms with Gasteiger partial charge in [-0.1, -0.05) is 0 Å². The molecule has 3 heterocycles. The van der Waals surface area contributed by atoms with Gasteiger partial charge >= 0.3 is 0 Å². The molecule has 0 spiro atoms. The van der Waals surface area contributed by atoms with E-state index in [1.807, 2.05) is 0 Å². The molecule has 0 saturated heterocycles. The van der Waals surface area contributed by atoms with Gasteiger partial charge in [-0.15, -0.1) is 22.7 Å². The highest BCUT2D eigenvalue weighted by Crippen LogP contribution is 2.32. The van der Waals surface area contributed by atoms with Gasteiger partial charge in [-0.3, -0.25) is 0 Å². The number of thiophene rings is 2. The van der Waals surface area contributed by atoms with E-state index in [0.29, 0.717) is 0 Å². The minimum Gasteiger partial charge on any atom is -0.223 e. The van der Waals surface area contributed by atoms with Crippen LogP contribution in [0.3, 0.4) is 0 Å². The molecule has 0 amide bonds. The van der Waals surface area contributed by atoms with Crippen LogP contribution in [0.4, 0.5) is 0 Å². The van der Waals surface area contributed by atoms with Crippen LogP contribution in [0.2, 0.25) is 0 Å². The van der Waals surface area contributed by atoms with Crippen molar-refractivity contribution in [2.24, 2.45) is 0 Å². The van der Waals surface area contributed by atoms with E-state index in [1.165, 1.54) is 9.40 Å². The van der Waals surface area contributed by atoms with Crippen LogP contribution < -0.4 is 0 Å². The predicted octanol–water partition coefficient (Wildman–Crippen LogP) is 2.54. The lowest BCUT2D eigenvalue weighted by Crippen LogP contribution is -1.90. The number of nitrogens with zero attached hydrogens (tertiary/aromatic N) is 3. The SMILES string of the molecule is c1ncn(-c2csc3ccsc23)n1. The summed E-state index contributed by atoms with van der Waals surface area (Å²) < 4.78 is 4.40. The highest BCUT2D eigenvalue weighted by molar-refractivity contribution is 7.26. The van der Waals surface area contributed by atoms with Crippen LogP contribution >= 0.6 is 22.7 Å². The summed E-state index contributed by atoms with van der Waals surface area (Å²) in [4.78, 5) is 3.93. The molecule has 5 heteroatoms. The molecule has 0 N–H and O–H groups in total. The highest BCUT2D eigenvalue weighted by atomic mass is 32.1. The lowest BCUT2D eigenvalue weighted by Gasteiger charge is -1.93. The molecule has 0 aliphatic carbocycles. The van der Waals surface area contributed by atoms with Crippen molar-refractivity contribution in [2.75, 3.05) is 0 Å². The summed E-state index contributed by atoms with van der Waals surface area (Å²) in [5.74, 6) is 0. The molecule has 0 aliphatic rings. The molecule has 3 aromatic rings. The Kier molecular flexibility index (Phi) is 1.47. The van der Waals surface area contributed by atoms with E-state index in [9.17, 15) is 0 Å². The molecule has 0 unspecified atom stereocenters. The quantitative estimate of drug-likeness (QED) is 0.614. The van der Waals surface area contributed by atoms with E-state index in [2.05, 4.69) is 26.9 Å². The first-order chi connectivity index (χ1) is 6.45. The van der Waals surface area contributed by atoms with Crippen molar-refractivity contribution in [3.8, 4) is 5.69 Å². The normalized spacial score (nSPS) is 11.1. The summed E-state index contributed by atoms with van der Waals surface area (Å²) in [6.45, 7) is 0. The maximum atomic E-state index is 4.11. The Morgan fingerprint density at radius 3 is 3.15 bits per heavy atom. The Labute approximate surface area is 82.3 Å². The molecule has 0 bridgehead atoms. The highest BCUT2D eigenvalue weighted by Gasteiger charge is 2.06. The van der Waals surface area contributed by atoms with Crippen molar-refractivity contribution < 1.29 is 0 Å². The Bertz CT molecular complexity index is 520. The van der Waals surface area contributed by atoms with Crippen molar-refractivity contribution in [3.05, 3.63) is 29.5 Å². The van der Waals surface area contributed by atoms with E-state index < -0.39 is 0 Å². The van der Waals surface area contributed by atoms with Crippen LogP contribution in [0, 0.1) is 0 Å². The van der Waals surface area contributed by atoms with E-state index in [-0.39, 0.29) is 0 Å². The van der Waals surface area contributed by atoms with Gasteiger partial charge in [0.05, 0.1) is 10.4 Å². The largest absolute Gasteiger partial charge is 0.223 e. The van der Waals surface area contributed by atoms with Gasteiger partial charge in [0.2, 0.25) is 0 Å². The third kappa shape index (κ3) is 1.01. The maximum absolute atomic E-state index is 4.11. The molecular weight excluding hydrogens is 202 g/mol. The van der Waals surface area contributed by atoms with Crippen LogP contribution in [0.1, 0.15) is 0 Å². The van der Waals surface area contributed by atoms with Crippen molar-refractivity contribution >= 4 is 32.1 Å². The number of rotatable bonds is 1. The Morgan fingerprint density at radius 1 is 1.31 bits per heavy atom. The van der Waals surface area contributed by atoms with Crippen molar-refractivity contribution in [3.63, 3.8) is 0 Å². The Morgan fingerprint density at radius 2 is 2.31 bits per heavy atom. The molecule has 0 aromatic carbocycles. The zero-order valence-electron chi connectivity index (χ0n) is 6.54. The van der Waals surface area contributed by atoms with Gasteiger partial charge in [0.25, 0.3) is 0 Å². The molecule has 13 heavy (non-hydrogen) atoms. The monoisotopic (exact) mass is 207 g/mol. The molecule has 0 atom stereocenters. The summed E-state index contributed by atoms with van der Waals surface area (Å²) in [6, 6.07) is 2.13. The molecule has 0 radical (unpaired) electrons. The van der Waals surface area contributed by atoms with E-state index >= 15 is 0 Å². The van der Waals surface area contributed by atoms with Gasteiger partial charge in [0, 0.05) is 10.1 Å². The maximum Gasteiger partial charge on any atom is 0.138 e. The molecule has 3 nitrogen and oxygen atoms in total. The summed E-state index contributed by atoms with van der Waals surface area (Å²) >= 11 is 3.48. The van der Waals surface area contributed by atoms with Crippen molar-refractivity contribution in [1.29, 1.82) is 0 Å². The second-order valence-corrected chi connectivity index (χ2v) is 4.40. The van der Waals surface area contributed by atoms with E-state index in [0.717, 1.165) is 5.69 Å². The van der Waals surface area contributed by atoms with Crippen molar-refractivity contribution in [1.82, 2.24) is 14.8 Å². The fraction of sp³-hybridized carbons (Fsp3) is 0. The smallest absolute Gasteiger partial charge is 0.138 e. The van der Waals surface area contributed by atoms with Gasteiger partial charge in [-0.25, -0.2) is 9.67 Å². The average molecular weight is 207 g/mol. The number of hydrogen-bond acceptors (Lipinski definition) is 4. The second kappa shape index (κ2) is 2.65. The first kappa shape index (κ1) is 7.23. The summed E-state index contributed by atoms with van der Waals surface area (Å²) in [6.07, 6.45) is 3.28. The third-order valence-corrected chi connectivity index (χ3v) is 3.83. The molecular formula is C8H5N3S2. The predicted molar refractivity (Wildman–Crippen MR) is 54.6 cm³/mol. The first-order valence-electron chi connectivity index (χ1n) is 3.75. The zero-order chi connectivity index (χ0) is 8.67. The fourth-order valence-electron chi connectivity index (χ4n) is 1.24.